The maximum absolute atomic E-state index is 13.8. The number of halogens is 1. The van der Waals surface area contributed by atoms with Gasteiger partial charge >= 0.3 is 5.97 Å². The number of carbonyl (C=O) groups excluding carboxylic acids is 1. The zero-order valence-corrected chi connectivity index (χ0v) is 19.6. The third kappa shape index (κ3) is 4.36. The Morgan fingerprint density at radius 3 is 2.83 bits per heavy atom. The Labute approximate surface area is 206 Å². The van der Waals surface area contributed by atoms with Gasteiger partial charge < -0.3 is 24.3 Å². The van der Waals surface area contributed by atoms with Gasteiger partial charge in [0.25, 0.3) is 0 Å². The number of H-pyrrole nitrogens is 1. The Hall–Kier alpha value is -4.73. The van der Waals surface area contributed by atoms with Gasteiger partial charge in [0, 0.05) is 54.0 Å². The van der Waals surface area contributed by atoms with E-state index in [-0.39, 0.29) is 6.04 Å². The minimum Gasteiger partial charge on any atom is -0.481 e. The zero-order valence-electron chi connectivity index (χ0n) is 19.6. The Balaban J connectivity index is 1.57. The molecule has 0 amide bonds. The van der Waals surface area contributed by atoms with Crippen molar-refractivity contribution >= 4 is 22.8 Å². The highest BCUT2D eigenvalue weighted by Gasteiger charge is 2.23. The molecule has 5 rings (SSSR count). The van der Waals surface area contributed by atoms with Gasteiger partial charge in [0.2, 0.25) is 5.88 Å². The molecule has 5 aromatic rings. The molecule has 0 aromatic carbocycles. The molecule has 36 heavy (non-hydrogen) atoms. The highest BCUT2D eigenvalue weighted by Crippen LogP contribution is 2.34. The van der Waals surface area contributed by atoms with Gasteiger partial charge in [0.1, 0.15) is 17.3 Å². The average molecular weight is 487 g/mol. The molecule has 0 radical (unpaired) electrons. The standard InChI is InChI=1S/C26H23FN6O3/c1-35-25-17(9-19(27)14-32-25)12-29-22-6-4-8-33(22)23(16-5-3-7-28-11-16)21-15-31-24-20(21)10-18(13-30-24)26(34)36-2/h3-11,13-15,23,29H,12H2,1-2H3,(H,30,31). The lowest BCUT2D eigenvalue weighted by molar-refractivity contribution is 0.0600. The Morgan fingerprint density at radius 2 is 2.06 bits per heavy atom. The van der Waals surface area contributed by atoms with E-state index in [9.17, 15) is 9.18 Å². The van der Waals surface area contributed by atoms with Crippen molar-refractivity contribution in [3.05, 3.63) is 102 Å². The first-order valence-electron chi connectivity index (χ1n) is 11.1. The van der Waals surface area contributed by atoms with Crippen LogP contribution in [0.25, 0.3) is 11.0 Å². The second kappa shape index (κ2) is 9.87. The summed E-state index contributed by atoms with van der Waals surface area (Å²) < 4.78 is 26.0. The van der Waals surface area contributed by atoms with Crippen LogP contribution in [-0.2, 0) is 11.3 Å². The van der Waals surface area contributed by atoms with Crippen molar-refractivity contribution in [2.24, 2.45) is 0 Å². The fraction of sp³-hybridized carbons (Fsp3) is 0.154. The predicted octanol–water partition coefficient (Wildman–Crippen LogP) is 4.34. The van der Waals surface area contributed by atoms with Crippen molar-refractivity contribution in [2.75, 3.05) is 19.5 Å². The van der Waals surface area contributed by atoms with E-state index in [0.29, 0.717) is 29.2 Å². The second-order valence-electron chi connectivity index (χ2n) is 8.02. The van der Waals surface area contributed by atoms with Gasteiger partial charge in [0.05, 0.1) is 32.0 Å². The van der Waals surface area contributed by atoms with E-state index < -0.39 is 11.8 Å². The van der Waals surface area contributed by atoms with E-state index >= 15 is 0 Å². The number of aromatic nitrogens is 5. The van der Waals surface area contributed by atoms with Crippen molar-refractivity contribution < 1.29 is 18.7 Å². The number of anilines is 1. The van der Waals surface area contributed by atoms with Crippen LogP contribution in [0.15, 0.2) is 73.6 Å². The molecule has 0 spiro atoms. The fourth-order valence-corrected chi connectivity index (χ4v) is 4.24. The summed E-state index contributed by atoms with van der Waals surface area (Å²) in [5.41, 5.74) is 3.39. The molecule has 0 saturated heterocycles. The minimum absolute atomic E-state index is 0.291. The van der Waals surface area contributed by atoms with Gasteiger partial charge in [-0.15, -0.1) is 0 Å². The van der Waals surface area contributed by atoms with E-state index in [1.54, 1.807) is 18.5 Å². The highest BCUT2D eigenvalue weighted by atomic mass is 19.1. The van der Waals surface area contributed by atoms with E-state index in [1.807, 2.05) is 41.2 Å². The van der Waals surface area contributed by atoms with Gasteiger partial charge in [0.15, 0.2) is 0 Å². The topological polar surface area (TPSA) is 107 Å². The number of pyridine rings is 3. The molecule has 1 unspecified atom stereocenters. The highest BCUT2D eigenvalue weighted by molar-refractivity contribution is 5.94. The number of esters is 1. The molecule has 5 aromatic heterocycles. The van der Waals surface area contributed by atoms with Gasteiger partial charge in [-0.3, -0.25) is 4.98 Å². The third-order valence-corrected chi connectivity index (χ3v) is 5.88. The largest absolute Gasteiger partial charge is 0.481 e. The minimum atomic E-state index is -0.463. The van der Waals surface area contributed by atoms with Crippen LogP contribution in [0.5, 0.6) is 5.88 Å². The summed E-state index contributed by atoms with van der Waals surface area (Å²) >= 11 is 0. The molecule has 1 atom stereocenters. The molecule has 0 aliphatic heterocycles. The van der Waals surface area contributed by atoms with Crippen molar-refractivity contribution in [3.8, 4) is 5.88 Å². The van der Waals surface area contributed by atoms with Crippen LogP contribution in [0.4, 0.5) is 10.2 Å². The van der Waals surface area contributed by atoms with E-state index in [2.05, 4.69) is 25.3 Å². The monoisotopic (exact) mass is 486 g/mol. The lowest BCUT2D eigenvalue weighted by Crippen LogP contribution is -2.15. The molecular formula is C26H23FN6O3. The molecule has 0 bridgehead atoms. The Bertz CT molecular complexity index is 1510. The lowest BCUT2D eigenvalue weighted by Gasteiger charge is -2.23. The number of nitrogens with one attached hydrogen (secondary N) is 2. The molecule has 0 aliphatic rings. The number of hydrogen-bond donors (Lipinski definition) is 2. The van der Waals surface area contributed by atoms with Crippen LogP contribution < -0.4 is 10.1 Å². The van der Waals surface area contributed by atoms with Crippen LogP contribution in [0.1, 0.15) is 33.1 Å². The molecule has 2 N–H and O–H groups in total. The van der Waals surface area contributed by atoms with Crippen molar-refractivity contribution in [1.82, 2.24) is 24.5 Å². The van der Waals surface area contributed by atoms with Gasteiger partial charge in [-0.05, 0) is 35.9 Å². The number of aromatic amines is 1. The zero-order chi connectivity index (χ0) is 25.1. The van der Waals surface area contributed by atoms with Crippen LogP contribution in [-0.4, -0.2) is 44.7 Å². The normalized spacial score (nSPS) is 11.9. The van der Waals surface area contributed by atoms with Crippen LogP contribution in [0.3, 0.4) is 0 Å². The summed E-state index contributed by atoms with van der Waals surface area (Å²) in [5.74, 6) is 0.227. The van der Waals surface area contributed by atoms with E-state index in [0.717, 1.165) is 28.5 Å². The van der Waals surface area contributed by atoms with Crippen LogP contribution in [0.2, 0.25) is 0 Å². The van der Waals surface area contributed by atoms with Gasteiger partial charge in [-0.25, -0.2) is 19.2 Å². The predicted molar refractivity (Wildman–Crippen MR) is 131 cm³/mol. The van der Waals surface area contributed by atoms with Gasteiger partial charge in [-0.2, -0.15) is 0 Å². The SMILES string of the molecule is COC(=O)c1cnc2[nH]cc(C(c3cccnc3)n3cccc3NCc3cc(F)cnc3OC)c2c1. The third-order valence-electron chi connectivity index (χ3n) is 5.88. The first-order chi connectivity index (χ1) is 17.6. The summed E-state index contributed by atoms with van der Waals surface area (Å²) in [6.45, 7) is 0.291. The molecule has 182 valence electrons. The van der Waals surface area contributed by atoms with Crippen molar-refractivity contribution in [1.29, 1.82) is 0 Å². The summed E-state index contributed by atoms with van der Waals surface area (Å²) in [6.07, 6.45) is 9.93. The summed E-state index contributed by atoms with van der Waals surface area (Å²) in [7, 11) is 2.84. The molecule has 0 fully saturated rings. The van der Waals surface area contributed by atoms with Crippen molar-refractivity contribution in [3.63, 3.8) is 0 Å². The first kappa shape index (κ1) is 23.0. The fourth-order valence-electron chi connectivity index (χ4n) is 4.24. The van der Waals surface area contributed by atoms with Crippen molar-refractivity contribution in [2.45, 2.75) is 12.6 Å². The van der Waals surface area contributed by atoms with E-state index in [4.69, 9.17) is 9.47 Å². The summed E-state index contributed by atoms with van der Waals surface area (Å²) in [5, 5.41) is 4.15. The molecular weight excluding hydrogens is 463 g/mol. The number of hydrogen-bond acceptors (Lipinski definition) is 7. The quantitative estimate of drug-likeness (QED) is 0.314. The number of nitrogens with zero attached hydrogens (tertiary/aromatic N) is 4. The number of rotatable bonds is 8. The first-order valence-corrected chi connectivity index (χ1v) is 11.1. The maximum atomic E-state index is 13.8. The molecule has 0 saturated carbocycles. The average Bonchev–Trinajstić information content (AvgIpc) is 3.55. The number of carbonyl (C=O) groups is 1. The van der Waals surface area contributed by atoms with Crippen LogP contribution in [0, 0.1) is 5.82 Å². The lowest BCUT2D eigenvalue weighted by atomic mass is 9.99. The second-order valence-corrected chi connectivity index (χ2v) is 8.02. The maximum Gasteiger partial charge on any atom is 0.339 e. The molecule has 9 nitrogen and oxygen atoms in total. The number of fused-ring (bicyclic) bond motifs is 1. The summed E-state index contributed by atoms with van der Waals surface area (Å²) in [4.78, 5) is 28.1. The number of methoxy groups -OCH3 is 2. The summed E-state index contributed by atoms with van der Waals surface area (Å²) in [6, 6.07) is 10.5. The van der Waals surface area contributed by atoms with Crippen LogP contribution >= 0.6 is 0 Å². The van der Waals surface area contributed by atoms with Gasteiger partial charge in [-0.1, -0.05) is 6.07 Å². The molecule has 5 heterocycles. The Kier molecular flexibility index (Phi) is 6.31. The molecule has 0 aliphatic carbocycles. The Morgan fingerprint density at radius 1 is 1.17 bits per heavy atom. The van der Waals surface area contributed by atoms with E-state index in [1.165, 1.54) is 26.5 Å². The number of ether oxygens (including phenoxy) is 2. The smallest absolute Gasteiger partial charge is 0.339 e. The molecule has 10 heteroatoms.